The quantitative estimate of drug-likeness (QED) is 0.791. The predicted molar refractivity (Wildman–Crippen MR) is 67.5 cm³/mol. The van der Waals surface area contributed by atoms with Crippen LogP contribution in [0.15, 0.2) is 45.3 Å². The predicted octanol–water partition coefficient (Wildman–Crippen LogP) is 2.48. The zero-order chi connectivity index (χ0) is 13.4. The molecule has 0 atom stereocenters. The Morgan fingerprint density at radius 2 is 2.26 bits per heavy atom. The number of hydrogen-bond acceptors (Lipinski definition) is 5. The average molecular weight is 275 g/mol. The van der Waals surface area contributed by atoms with Crippen LogP contribution in [0.3, 0.4) is 0 Å². The van der Waals surface area contributed by atoms with Crippen molar-refractivity contribution in [3.8, 4) is 0 Å². The van der Waals surface area contributed by atoms with E-state index in [-0.39, 0.29) is 5.69 Å². The Morgan fingerprint density at radius 3 is 2.95 bits per heavy atom. The maximum atomic E-state index is 11.4. The molecule has 96 valence electrons. The van der Waals surface area contributed by atoms with Crippen molar-refractivity contribution in [2.75, 3.05) is 0 Å². The number of carbonyl (C=O) groups is 1. The van der Waals surface area contributed by atoms with Crippen LogP contribution in [0.4, 0.5) is 0 Å². The molecule has 0 fully saturated rings. The zero-order valence-corrected chi connectivity index (χ0v) is 10.7. The second-order valence-electron chi connectivity index (χ2n) is 3.86. The van der Waals surface area contributed by atoms with Crippen LogP contribution in [-0.2, 0) is 0 Å². The van der Waals surface area contributed by atoms with Crippen LogP contribution in [0.2, 0.25) is 0 Å². The van der Waals surface area contributed by atoms with E-state index in [1.165, 1.54) is 10.7 Å². The maximum Gasteiger partial charge on any atom is 0.355 e. The molecule has 0 aliphatic heterocycles. The number of fused-ring (bicyclic) bond motifs is 1. The minimum absolute atomic E-state index is 0.108. The number of imidazole rings is 1. The maximum absolute atomic E-state index is 11.4. The summed E-state index contributed by atoms with van der Waals surface area (Å²) < 4.78 is 6.74. The van der Waals surface area contributed by atoms with Crippen LogP contribution in [0.25, 0.3) is 5.65 Å². The smallest absolute Gasteiger partial charge is 0.355 e. The summed E-state index contributed by atoms with van der Waals surface area (Å²) in [6, 6.07) is 5.31. The molecule has 0 spiro atoms. The standard InChI is InChI=1S/C12H9N3O3S/c1-7-6-18-12(13-7)19-10-9(11(16)17)15-5-3-2-4-8(15)14-10/h2-6H,1H3,(H,16,17). The summed E-state index contributed by atoms with van der Waals surface area (Å²) in [5.74, 6) is -1.04. The fourth-order valence-electron chi connectivity index (χ4n) is 1.70. The number of carboxylic acids is 1. The minimum Gasteiger partial charge on any atom is -0.476 e. The van der Waals surface area contributed by atoms with E-state index in [0.29, 0.717) is 15.9 Å². The molecule has 0 radical (unpaired) electrons. The van der Waals surface area contributed by atoms with Gasteiger partial charge in [-0.2, -0.15) is 0 Å². The molecule has 0 aliphatic carbocycles. The van der Waals surface area contributed by atoms with E-state index in [1.54, 1.807) is 31.3 Å². The molecule has 3 aromatic rings. The first-order valence-electron chi connectivity index (χ1n) is 5.45. The van der Waals surface area contributed by atoms with E-state index >= 15 is 0 Å². The van der Waals surface area contributed by atoms with Gasteiger partial charge in [0.15, 0.2) is 5.69 Å². The van der Waals surface area contributed by atoms with Crippen LogP contribution in [0.5, 0.6) is 0 Å². The molecule has 0 saturated carbocycles. The van der Waals surface area contributed by atoms with Gasteiger partial charge in [-0.05, 0) is 30.8 Å². The Kier molecular flexibility index (Phi) is 2.75. The van der Waals surface area contributed by atoms with E-state index in [0.717, 1.165) is 17.5 Å². The number of pyridine rings is 1. The van der Waals surface area contributed by atoms with Crippen molar-refractivity contribution >= 4 is 23.4 Å². The van der Waals surface area contributed by atoms with Crippen molar-refractivity contribution in [2.45, 2.75) is 17.2 Å². The Balaban J connectivity index is 2.12. The first-order chi connectivity index (χ1) is 9.15. The van der Waals surface area contributed by atoms with Gasteiger partial charge in [0.1, 0.15) is 16.9 Å². The van der Waals surface area contributed by atoms with Crippen molar-refractivity contribution < 1.29 is 14.3 Å². The summed E-state index contributed by atoms with van der Waals surface area (Å²) in [6.45, 7) is 1.80. The van der Waals surface area contributed by atoms with Crippen molar-refractivity contribution in [3.05, 3.63) is 42.0 Å². The number of hydrogen-bond donors (Lipinski definition) is 1. The minimum atomic E-state index is -1.04. The van der Waals surface area contributed by atoms with Crippen LogP contribution in [0.1, 0.15) is 16.2 Å². The number of aromatic nitrogens is 3. The van der Waals surface area contributed by atoms with Gasteiger partial charge in [-0.15, -0.1) is 0 Å². The average Bonchev–Trinajstić information content (AvgIpc) is 2.92. The number of rotatable bonds is 3. The number of nitrogens with zero attached hydrogens (tertiary/aromatic N) is 3. The second kappa shape index (κ2) is 4.43. The molecule has 0 aliphatic rings. The van der Waals surface area contributed by atoms with E-state index in [1.807, 2.05) is 0 Å². The van der Waals surface area contributed by atoms with Gasteiger partial charge in [-0.3, -0.25) is 4.40 Å². The van der Waals surface area contributed by atoms with Crippen molar-refractivity contribution in [1.82, 2.24) is 14.4 Å². The van der Waals surface area contributed by atoms with Crippen LogP contribution in [0, 0.1) is 6.92 Å². The van der Waals surface area contributed by atoms with Crippen molar-refractivity contribution in [2.24, 2.45) is 0 Å². The Morgan fingerprint density at radius 1 is 1.42 bits per heavy atom. The summed E-state index contributed by atoms with van der Waals surface area (Å²) in [4.78, 5) is 19.8. The molecule has 7 heteroatoms. The summed E-state index contributed by atoms with van der Waals surface area (Å²) in [6.07, 6.45) is 3.18. The lowest BCUT2D eigenvalue weighted by Gasteiger charge is -1.97. The lowest BCUT2D eigenvalue weighted by atomic mass is 10.4. The molecule has 3 heterocycles. The third-order valence-electron chi connectivity index (χ3n) is 2.48. The Labute approximate surface area is 112 Å². The SMILES string of the molecule is Cc1coc(Sc2nc3ccccn3c2C(=O)O)n1. The second-order valence-corrected chi connectivity index (χ2v) is 4.80. The number of oxazole rings is 1. The highest BCUT2D eigenvalue weighted by atomic mass is 32.2. The largest absolute Gasteiger partial charge is 0.476 e. The molecule has 0 bridgehead atoms. The fraction of sp³-hybridized carbons (Fsp3) is 0.0833. The highest BCUT2D eigenvalue weighted by Crippen LogP contribution is 2.29. The van der Waals surface area contributed by atoms with Gasteiger partial charge in [0.05, 0.1) is 5.69 Å². The molecule has 19 heavy (non-hydrogen) atoms. The van der Waals surface area contributed by atoms with E-state index in [9.17, 15) is 9.90 Å². The Bertz CT molecular complexity index is 763. The fourth-order valence-corrected chi connectivity index (χ4v) is 2.57. The van der Waals surface area contributed by atoms with Crippen molar-refractivity contribution in [3.63, 3.8) is 0 Å². The van der Waals surface area contributed by atoms with Gasteiger partial charge in [0, 0.05) is 6.20 Å². The van der Waals surface area contributed by atoms with Gasteiger partial charge in [-0.1, -0.05) is 6.07 Å². The Hall–Kier alpha value is -2.28. The van der Waals surface area contributed by atoms with Gasteiger partial charge < -0.3 is 9.52 Å². The van der Waals surface area contributed by atoms with Gasteiger partial charge in [0.2, 0.25) is 0 Å². The van der Waals surface area contributed by atoms with Gasteiger partial charge in [0.25, 0.3) is 5.22 Å². The topological polar surface area (TPSA) is 80.6 Å². The molecule has 0 amide bonds. The van der Waals surface area contributed by atoms with Crippen LogP contribution < -0.4 is 0 Å². The zero-order valence-electron chi connectivity index (χ0n) is 9.90. The summed E-state index contributed by atoms with van der Waals surface area (Å²) in [5.41, 5.74) is 1.42. The molecule has 0 unspecified atom stereocenters. The summed E-state index contributed by atoms with van der Waals surface area (Å²) >= 11 is 1.10. The number of aromatic carboxylic acids is 1. The normalized spacial score (nSPS) is 11.0. The van der Waals surface area contributed by atoms with E-state index < -0.39 is 5.97 Å². The molecular weight excluding hydrogens is 266 g/mol. The highest BCUT2D eigenvalue weighted by molar-refractivity contribution is 7.99. The van der Waals surface area contributed by atoms with E-state index in [2.05, 4.69) is 9.97 Å². The molecule has 0 aromatic carbocycles. The molecule has 6 nitrogen and oxygen atoms in total. The third-order valence-corrected chi connectivity index (χ3v) is 3.32. The number of aryl methyl sites for hydroxylation is 1. The molecular formula is C12H9N3O3S. The van der Waals surface area contributed by atoms with Crippen LogP contribution >= 0.6 is 11.8 Å². The lowest BCUT2D eigenvalue weighted by molar-refractivity contribution is 0.0685. The van der Waals surface area contributed by atoms with Gasteiger partial charge in [-0.25, -0.2) is 14.8 Å². The first kappa shape index (κ1) is 11.8. The van der Waals surface area contributed by atoms with Crippen molar-refractivity contribution in [1.29, 1.82) is 0 Å². The molecule has 3 aromatic heterocycles. The molecule has 3 rings (SSSR count). The molecule has 0 saturated heterocycles. The lowest BCUT2D eigenvalue weighted by Crippen LogP contribution is -2.02. The molecule has 1 N–H and O–H groups in total. The third kappa shape index (κ3) is 2.08. The highest BCUT2D eigenvalue weighted by Gasteiger charge is 2.20. The van der Waals surface area contributed by atoms with Crippen LogP contribution in [-0.4, -0.2) is 25.4 Å². The number of carboxylic acid groups (broad SMARTS) is 1. The summed E-state index contributed by atoms with van der Waals surface area (Å²) in [7, 11) is 0. The van der Waals surface area contributed by atoms with E-state index in [4.69, 9.17) is 4.42 Å². The summed E-state index contributed by atoms with van der Waals surface area (Å²) in [5, 5.41) is 10.1. The monoisotopic (exact) mass is 275 g/mol. The first-order valence-corrected chi connectivity index (χ1v) is 6.27. The van der Waals surface area contributed by atoms with Gasteiger partial charge >= 0.3 is 5.97 Å².